The monoisotopic (exact) mass is 416 g/mol. The smallest absolute Gasteiger partial charge is 0.255 e. The average molecular weight is 417 g/mol. The second-order valence-corrected chi connectivity index (χ2v) is 9.54. The molecule has 0 radical (unpaired) electrons. The van der Waals surface area contributed by atoms with Crippen LogP contribution in [0.3, 0.4) is 0 Å². The first-order valence-electron chi connectivity index (χ1n) is 9.89. The summed E-state index contributed by atoms with van der Waals surface area (Å²) >= 11 is 0. The number of hydrogen-bond acceptors (Lipinski definition) is 5. The van der Waals surface area contributed by atoms with Crippen LogP contribution in [-0.4, -0.2) is 49.8 Å². The predicted octanol–water partition coefficient (Wildman–Crippen LogP) is 3.35. The Morgan fingerprint density at radius 1 is 1.07 bits per heavy atom. The maximum atomic E-state index is 12.5. The zero-order chi connectivity index (χ0) is 21.0. The van der Waals surface area contributed by atoms with Gasteiger partial charge in [0.05, 0.1) is 16.8 Å². The fraction of sp³-hybridized carbons (Fsp3) is 0.429. The van der Waals surface area contributed by atoms with Gasteiger partial charge in [-0.2, -0.15) is 4.31 Å². The topological polar surface area (TPSA) is 82.6 Å². The highest BCUT2D eigenvalue weighted by Crippen LogP contribution is 2.20. The maximum absolute atomic E-state index is 12.5. The second-order valence-electron chi connectivity index (χ2n) is 7.55. The number of aromatic nitrogens is 1. The van der Waals surface area contributed by atoms with Gasteiger partial charge in [-0.25, -0.2) is 13.4 Å². The number of carbonyl (C=O) groups excluding carboxylic acids is 1. The van der Waals surface area contributed by atoms with E-state index in [0.717, 1.165) is 18.9 Å². The Morgan fingerprint density at radius 3 is 2.28 bits per heavy atom. The van der Waals surface area contributed by atoms with Crippen LogP contribution in [-0.2, 0) is 10.0 Å². The molecule has 0 saturated carbocycles. The Kier molecular flexibility index (Phi) is 6.54. The molecule has 1 aromatic heterocycles. The molecule has 1 amide bonds. The number of rotatable bonds is 6. The number of carbonyl (C=O) groups is 1. The predicted molar refractivity (Wildman–Crippen MR) is 115 cm³/mol. The summed E-state index contributed by atoms with van der Waals surface area (Å²) in [5.74, 6) is 0.616. The van der Waals surface area contributed by atoms with Crippen LogP contribution in [0.25, 0.3) is 0 Å². The number of hydrogen-bond donors (Lipinski definition) is 1. The van der Waals surface area contributed by atoms with Crippen LogP contribution in [0.1, 0.15) is 43.5 Å². The lowest BCUT2D eigenvalue weighted by Gasteiger charge is -2.27. The molecular weight excluding hydrogens is 388 g/mol. The highest BCUT2D eigenvalue weighted by Gasteiger charge is 2.23. The van der Waals surface area contributed by atoms with E-state index in [0.29, 0.717) is 11.3 Å². The number of anilines is 2. The summed E-state index contributed by atoms with van der Waals surface area (Å²) in [4.78, 5) is 19.4. The molecule has 1 aromatic carbocycles. The Hall–Kier alpha value is -2.45. The molecule has 156 valence electrons. The second kappa shape index (κ2) is 8.92. The maximum Gasteiger partial charge on any atom is 0.255 e. The van der Waals surface area contributed by atoms with Gasteiger partial charge in [0.25, 0.3) is 5.91 Å². The van der Waals surface area contributed by atoms with Gasteiger partial charge in [-0.15, -0.1) is 0 Å². The average Bonchev–Trinajstić information content (AvgIpc) is 2.74. The Balaban J connectivity index is 1.66. The number of pyridine rings is 1. The standard InChI is InChI=1S/C21H28N4O3S/c1-16(2)24(3)29(27,28)19-10-7-17(8-11-19)21(26)23-18-9-12-20(22-15-18)25-13-5-4-6-14-25/h7-12,15-16H,4-6,13-14H2,1-3H3,(H,23,26). The molecule has 2 heterocycles. The lowest BCUT2D eigenvalue weighted by Crippen LogP contribution is -2.33. The number of amides is 1. The third-order valence-corrected chi connectivity index (χ3v) is 7.25. The van der Waals surface area contributed by atoms with Crippen LogP contribution in [0.2, 0.25) is 0 Å². The molecule has 1 aliphatic heterocycles. The van der Waals surface area contributed by atoms with Gasteiger partial charge in [-0.05, 0) is 69.5 Å². The minimum absolute atomic E-state index is 0.150. The normalized spacial score (nSPS) is 15.0. The lowest BCUT2D eigenvalue weighted by atomic mass is 10.1. The molecule has 8 heteroatoms. The first-order chi connectivity index (χ1) is 13.8. The fourth-order valence-corrected chi connectivity index (χ4v) is 4.56. The Morgan fingerprint density at radius 2 is 1.72 bits per heavy atom. The first kappa shape index (κ1) is 21.3. The Bertz CT molecular complexity index is 935. The molecule has 1 saturated heterocycles. The summed E-state index contributed by atoms with van der Waals surface area (Å²) in [6.45, 7) is 5.65. The van der Waals surface area contributed by atoms with Crippen LogP contribution >= 0.6 is 0 Å². The molecule has 3 rings (SSSR count). The van der Waals surface area contributed by atoms with Gasteiger partial charge >= 0.3 is 0 Å². The molecule has 1 aliphatic rings. The quantitative estimate of drug-likeness (QED) is 0.781. The van der Waals surface area contributed by atoms with Gasteiger partial charge < -0.3 is 10.2 Å². The SMILES string of the molecule is CC(C)N(C)S(=O)(=O)c1ccc(C(=O)Nc2ccc(N3CCCCC3)nc2)cc1. The van der Waals surface area contributed by atoms with Crippen molar-refractivity contribution in [3.05, 3.63) is 48.2 Å². The summed E-state index contributed by atoms with van der Waals surface area (Å²) < 4.78 is 26.3. The fourth-order valence-electron chi connectivity index (χ4n) is 3.20. The molecular formula is C21H28N4O3S. The largest absolute Gasteiger partial charge is 0.357 e. The van der Waals surface area contributed by atoms with Gasteiger partial charge in [0.15, 0.2) is 0 Å². The van der Waals surface area contributed by atoms with E-state index < -0.39 is 10.0 Å². The van der Waals surface area contributed by atoms with Crippen molar-refractivity contribution in [3.63, 3.8) is 0 Å². The van der Waals surface area contributed by atoms with Crippen molar-refractivity contribution in [2.75, 3.05) is 30.4 Å². The highest BCUT2D eigenvalue weighted by molar-refractivity contribution is 7.89. The number of sulfonamides is 1. The van der Waals surface area contributed by atoms with Crippen molar-refractivity contribution >= 4 is 27.4 Å². The highest BCUT2D eigenvalue weighted by atomic mass is 32.2. The molecule has 0 spiro atoms. The number of piperidine rings is 1. The number of nitrogens with one attached hydrogen (secondary N) is 1. The third-order valence-electron chi connectivity index (χ3n) is 5.21. The van der Waals surface area contributed by atoms with Gasteiger partial charge in [0.1, 0.15) is 5.82 Å². The lowest BCUT2D eigenvalue weighted by molar-refractivity contribution is 0.102. The molecule has 1 fully saturated rings. The van der Waals surface area contributed by atoms with Gasteiger partial charge in [0, 0.05) is 31.7 Å². The molecule has 0 aliphatic carbocycles. The van der Waals surface area contributed by atoms with Gasteiger partial charge in [-0.3, -0.25) is 4.79 Å². The summed E-state index contributed by atoms with van der Waals surface area (Å²) in [5.41, 5.74) is 0.989. The van der Waals surface area contributed by atoms with Crippen LogP contribution < -0.4 is 10.2 Å². The zero-order valence-corrected chi connectivity index (χ0v) is 17.9. The molecule has 0 bridgehead atoms. The van der Waals surface area contributed by atoms with Gasteiger partial charge in [-0.1, -0.05) is 0 Å². The van der Waals surface area contributed by atoms with E-state index >= 15 is 0 Å². The summed E-state index contributed by atoms with van der Waals surface area (Å²) in [6.07, 6.45) is 5.27. The summed E-state index contributed by atoms with van der Waals surface area (Å²) in [5, 5.41) is 2.81. The van der Waals surface area contributed by atoms with E-state index in [1.54, 1.807) is 13.2 Å². The Labute approximate surface area is 172 Å². The van der Waals surface area contributed by atoms with Crippen LogP contribution in [0.5, 0.6) is 0 Å². The third kappa shape index (κ3) is 4.94. The summed E-state index contributed by atoms with van der Waals surface area (Å²) in [6, 6.07) is 9.56. The molecule has 0 atom stereocenters. The molecule has 29 heavy (non-hydrogen) atoms. The van der Waals surface area contributed by atoms with E-state index in [4.69, 9.17) is 0 Å². The van der Waals surface area contributed by atoms with E-state index in [2.05, 4.69) is 15.2 Å². The van der Waals surface area contributed by atoms with Crippen molar-refractivity contribution in [2.45, 2.75) is 44.0 Å². The van der Waals surface area contributed by atoms with E-state index in [1.165, 1.54) is 47.8 Å². The van der Waals surface area contributed by atoms with E-state index in [1.807, 2.05) is 26.0 Å². The molecule has 2 aromatic rings. The van der Waals surface area contributed by atoms with E-state index in [9.17, 15) is 13.2 Å². The molecule has 1 N–H and O–H groups in total. The van der Waals surface area contributed by atoms with Crippen LogP contribution in [0.15, 0.2) is 47.5 Å². The minimum atomic E-state index is -3.57. The van der Waals surface area contributed by atoms with Gasteiger partial charge in [0.2, 0.25) is 10.0 Å². The first-order valence-corrected chi connectivity index (χ1v) is 11.3. The molecule has 7 nitrogen and oxygen atoms in total. The van der Waals surface area contributed by atoms with Crippen molar-refractivity contribution in [1.82, 2.24) is 9.29 Å². The van der Waals surface area contributed by atoms with Crippen LogP contribution in [0.4, 0.5) is 11.5 Å². The molecule has 0 unspecified atom stereocenters. The van der Waals surface area contributed by atoms with Crippen molar-refractivity contribution in [1.29, 1.82) is 0 Å². The summed E-state index contributed by atoms with van der Waals surface area (Å²) in [7, 11) is -2.03. The number of benzene rings is 1. The number of nitrogens with zero attached hydrogens (tertiary/aromatic N) is 3. The van der Waals surface area contributed by atoms with Crippen molar-refractivity contribution in [2.24, 2.45) is 0 Å². The minimum Gasteiger partial charge on any atom is -0.357 e. The van der Waals surface area contributed by atoms with Crippen molar-refractivity contribution < 1.29 is 13.2 Å². The zero-order valence-electron chi connectivity index (χ0n) is 17.1. The van der Waals surface area contributed by atoms with Crippen molar-refractivity contribution in [3.8, 4) is 0 Å². The van der Waals surface area contributed by atoms with Crippen LogP contribution in [0, 0.1) is 0 Å². The van der Waals surface area contributed by atoms with E-state index in [-0.39, 0.29) is 16.8 Å².